The minimum absolute atomic E-state index is 0.0222. The zero-order chi connectivity index (χ0) is 16.0. The summed E-state index contributed by atoms with van der Waals surface area (Å²) in [5.41, 5.74) is 6.70. The maximum absolute atomic E-state index is 15.0. The van der Waals surface area contributed by atoms with E-state index in [2.05, 4.69) is 20.0 Å². The highest BCUT2D eigenvalue weighted by Crippen LogP contribution is 2.35. The average Bonchev–Trinajstić information content (AvgIpc) is 2.55. The van der Waals surface area contributed by atoms with Gasteiger partial charge in [0.1, 0.15) is 6.10 Å². The van der Waals surface area contributed by atoms with Crippen molar-refractivity contribution in [1.82, 2.24) is 9.97 Å². The van der Waals surface area contributed by atoms with E-state index >= 15 is 0 Å². The smallest absolute Gasteiger partial charge is 0.323 e. The number of aromatic nitrogens is 2. The normalized spacial score (nSPS) is 24.2. The lowest BCUT2D eigenvalue weighted by Gasteiger charge is -2.36. The number of ether oxygens (including phenoxy) is 3. The van der Waals surface area contributed by atoms with Crippen molar-refractivity contribution in [3.05, 3.63) is 16.5 Å². The molecule has 0 aromatic carbocycles. The molecule has 22 heavy (non-hydrogen) atoms. The second-order valence-electron chi connectivity index (χ2n) is 5.01. The van der Waals surface area contributed by atoms with Crippen molar-refractivity contribution in [2.75, 3.05) is 20.8 Å². The number of halogens is 1. The number of methoxy groups -OCH3 is 2. The molecule has 1 aromatic heterocycles. The summed E-state index contributed by atoms with van der Waals surface area (Å²) in [6.07, 6.45) is 1.55. The Morgan fingerprint density at radius 3 is 2.64 bits per heavy atom. The van der Waals surface area contributed by atoms with E-state index in [1.807, 2.05) is 0 Å². The standard InChI is InChI=1S/C13H18FN5O3/c1-20-10-7-11(21-2)18-12(17-10)22-9-5-3-4-6-13(9,14)8-16-19-15/h7,9H,3-6,8H2,1-2H3. The first-order valence-electron chi connectivity index (χ1n) is 6.95. The molecule has 120 valence electrons. The number of azide groups is 1. The Balaban J connectivity index is 2.21. The zero-order valence-corrected chi connectivity index (χ0v) is 12.5. The van der Waals surface area contributed by atoms with E-state index in [4.69, 9.17) is 19.7 Å². The molecule has 1 saturated carbocycles. The molecule has 0 amide bonds. The van der Waals surface area contributed by atoms with E-state index in [0.29, 0.717) is 6.42 Å². The van der Waals surface area contributed by atoms with Gasteiger partial charge in [-0.1, -0.05) is 5.11 Å². The number of rotatable bonds is 6. The highest BCUT2D eigenvalue weighted by Gasteiger charge is 2.43. The van der Waals surface area contributed by atoms with E-state index < -0.39 is 11.8 Å². The van der Waals surface area contributed by atoms with Crippen LogP contribution in [0.1, 0.15) is 25.7 Å². The van der Waals surface area contributed by atoms with Crippen LogP contribution in [0.5, 0.6) is 17.8 Å². The third kappa shape index (κ3) is 3.67. The molecule has 8 nitrogen and oxygen atoms in total. The summed E-state index contributed by atoms with van der Waals surface area (Å²) in [6.45, 7) is -0.269. The van der Waals surface area contributed by atoms with Crippen LogP contribution in [-0.4, -0.2) is 42.5 Å². The summed E-state index contributed by atoms with van der Waals surface area (Å²) in [5, 5.41) is 3.36. The first-order chi connectivity index (χ1) is 10.6. The molecule has 0 radical (unpaired) electrons. The molecule has 1 aliphatic rings. The molecule has 0 aliphatic heterocycles. The third-order valence-corrected chi connectivity index (χ3v) is 3.61. The summed E-state index contributed by atoms with van der Waals surface area (Å²) in [4.78, 5) is 10.7. The highest BCUT2D eigenvalue weighted by molar-refractivity contribution is 5.23. The van der Waals surface area contributed by atoms with Gasteiger partial charge < -0.3 is 14.2 Å². The van der Waals surface area contributed by atoms with Crippen LogP contribution in [0.2, 0.25) is 0 Å². The number of hydrogen-bond donors (Lipinski definition) is 0. The van der Waals surface area contributed by atoms with E-state index in [1.165, 1.54) is 20.3 Å². The first-order valence-corrected chi connectivity index (χ1v) is 6.95. The molecule has 0 bridgehead atoms. The monoisotopic (exact) mass is 311 g/mol. The minimum Gasteiger partial charge on any atom is -0.481 e. The Hall–Kier alpha value is -2.28. The van der Waals surface area contributed by atoms with Crippen molar-refractivity contribution in [3.63, 3.8) is 0 Å². The van der Waals surface area contributed by atoms with Crippen molar-refractivity contribution in [2.24, 2.45) is 5.11 Å². The van der Waals surface area contributed by atoms with Gasteiger partial charge in [0.05, 0.1) is 26.8 Å². The molecular formula is C13H18FN5O3. The lowest BCUT2D eigenvalue weighted by molar-refractivity contribution is -0.0225. The molecule has 1 heterocycles. The van der Waals surface area contributed by atoms with E-state index in [1.54, 1.807) is 0 Å². The van der Waals surface area contributed by atoms with Gasteiger partial charge in [0.25, 0.3) is 0 Å². The Labute approximate surface area is 127 Å². The minimum atomic E-state index is -1.72. The zero-order valence-electron chi connectivity index (χ0n) is 12.5. The molecule has 2 unspecified atom stereocenters. The lowest BCUT2D eigenvalue weighted by atomic mass is 9.83. The Bertz CT molecular complexity index is 544. The Kier molecular flexibility index (Phi) is 5.21. The molecule has 2 atom stereocenters. The van der Waals surface area contributed by atoms with Crippen LogP contribution in [0.3, 0.4) is 0 Å². The lowest BCUT2D eigenvalue weighted by Crippen LogP contribution is -2.47. The Morgan fingerprint density at radius 1 is 1.36 bits per heavy atom. The van der Waals surface area contributed by atoms with Gasteiger partial charge in [0.15, 0.2) is 5.67 Å². The van der Waals surface area contributed by atoms with Crippen LogP contribution >= 0.6 is 0 Å². The first kappa shape index (κ1) is 16.1. The summed E-state index contributed by atoms with van der Waals surface area (Å²) < 4.78 is 30.6. The summed E-state index contributed by atoms with van der Waals surface area (Å²) >= 11 is 0. The largest absolute Gasteiger partial charge is 0.481 e. The van der Waals surface area contributed by atoms with Gasteiger partial charge >= 0.3 is 6.01 Å². The number of hydrogen-bond acceptors (Lipinski definition) is 6. The van der Waals surface area contributed by atoms with Gasteiger partial charge in [0, 0.05) is 4.91 Å². The van der Waals surface area contributed by atoms with Crippen molar-refractivity contribution in [3.8, 4) is 17.8 Å². The second kappa shape index (κ2) is 7.13. The summed E-state index contributed by atoms with van der Waals surface area (Å²) in [6, 6.07) is 1.47. The van der Waals surface area contributed by atoms with Gasteiger partial charge in [0.2, 0.25) is 11.8 Å². The highest BCUT2D eigenvalue weighted by atomic mass is 19.1. The Morgan fingerprint density at radius 2 is 2.05 bits per heavy atom. The summed E-state index contributed by atoms with van der Waals surface area (Å²) in [7, 11) is 2.90. The molecular weight excluding hydrogens is 293 g/mol. The maximum atomic E-state index is 15.0. The van der Waals surface area contributed by atoms with Crippen molar-refractivity contribution in [1.29, 1.82) is 0 Å². The van der Waals surface area contributed by atoms with Crippen LogP contribution in [0, 0.1) is 0 Å². The molecule has 2 rings (SSSR count). The average molecular weight is 311 g/mol. The van der Waals surface area contributed by atoms with Gasteiger partial charge in [-0.3, -0.25) is 0 Å². The quantitative estimate of drug-likeness (QED) is 0.456. The fourth-order valence-electron chi connectivity index (χ4n) is 2.44. The van der Waals surface area contributed by atoms with Gasteiger partial charge in [-0.25, -0.2) is 4.39 Å². The van der Waals surface area contributed by atoms with Crippen molar-refractivity contribution in [2.45, 2.75) is 37.5 Å². The van der Waals surface area contributed by atoms with Crippen LogP contribution in [0.15, 0.2) is 11.2 Å². The van der Waals surface area contributed by atoms with Gasteiger partial charge in [-0.15, -0.1) is 0 Å². The van der Waals surface area contributed by atoms with Crippen LogP contribution in [0.4, 0.5) is 4.39 Å². The van der Waals surface area contributed by atoms with Crippen LogP contribution < -0.4 is 14.2 Å². The second-order valence-corrected chi connectivity index (χ2v) is 5.01. The molecule has 1 aromatic rings. The predicted molar refractivity (Wildman–Crippen MR) is 75.9 cm³/mol. The molecule has 0 saturated heterocycles. The fourth-order valence-corrected chi connectivity index (χ4v) is 2.44. The molecule has 0 N–H and O–H groups in total. The van der Waals surface area contributed by atoms with Crippen molar-refractivity contribution >= 4 is 0 Å². The number of nitrogens with zero attached hydrogens (tertiary/aromatic N) is 5. The number of alkyl halides is 1. The van der Waals surface area contributed by atoms with Crippen LogP contribution in [0.25, 0.3) is 10.4 Å². The molecule has 0 spiro atoms. The van der Waals surface area contributed by atoms with E-state index in [9.17, 15) is 4.39 Å². The fraction of sp³-hybridized carbons (Fsp3) is 0.692. The van der Waals surface area contributed by atoms with Crippen LogP contribution in [-0.2, 0) is 0 Å². The van der Waals surface area contributed by atoms with Crippen molar-refractivity contribution < 1.29 is 18.6 Å². The van der Waals surface area contributed by atoms with Gasteiger partial charge in [-0.2, -0.15) is 9.97 Å². The molecule has 9 heteroatoms. The van der Waals surface area contributed by atoms with E-state index in [0.717, 1.165) is 12.8 Å². The molecule has 1 fully saturated rings. The van der Waals surface area contributed by atoms with E-state index in [-0.39, 0.29) is 30.7 Å². The third-order valence-electron chi connectivity index (χ3n) is 3.61. The maximum Gasteiger partial charge on any atom is 0.323 e. The summed E-state index contributed by atoms with van der Waals surface area (Å²) in [5.74, 6) is 0.523. The van der Waals surface area contributed by atoms with Gasteiger partial charge in [-0.05, 0) is 31.2 Å². The predicted octanol–water partition coefficient (Wildman–Crippen LogP) is 2.83. The SMILES string of the molecule is COc1cc(OC)nc(OC2CCCCC2(F)CN=[N+]=[N-])n1. The molecule has 1 aliphatic carbocycles. The topological polar surface area (TPSA) is 102 Å².